The lowest BCUT2D eigenvalue weighted by atomic mass is 9.95. The monoisotopic (exact) mass is 384 g/mol. The molecule has 2 aliphatic heterocycles. The molecule has 2 fully saturated rings. The fraction of sp³-hybridized carbons (Fsp3) is 0.556. The van der Waals surface area contributed by atoms with E-state index in [2.05, 4.69) is 0 Å². The Labute approximate surface area is 157 Å². The van der Waals surface area contributed by atoms with Crippen molar-refractivity contribution in [1.82, 2.24) is 9.80 Å². The zero-order valence-electron chi connectivity index (χ0n) is 14.3. The average molecular weight is 385 g/mol. The number of rotatable bonds is 3. The summed E-state index contributed by atoms with van der Waals surface area (Å²) in [6.45, 7) is 2.90. The zero-order valence-corrected chi connectivity index (χ0v) is 15.8. The van der Waals surface area contributed by atoms with Crippen molar-refractivity contribution in [2.24, 2.45) is 5.92 Å². The number of benzene rings is 1. The summed E-state index contributed by atoms with van der Waals surface area (Å²) in [5.41, 5.74) is 0.445. The quantitative estimate of drug-likeness (QED) is 0.801. The van der Waals surface area contributed by atoms with Crippen LogP contribution in [-0.2, 0) is 4.79 Å². The minimum absolute atomic E-state index is 0.0326. The lowest BCUT2D eigenvalue weighted by molar-refractivity contribution is -0.135. The summed E-state index contributed by atoms with van der Waals surface area (Å²) in [6, 6.07) is 3.16. The molecule has 0 radical (unpaired) electrons. The van der Waals surface area contributed by atoms with Crippen molar-refractivity contribution in [2.75, 3.05) is 33.3 Å². The summed E-state index contributed by atoms with van der Waals surface area (Å²) in [6.07, 6.45) is 3.61. The Kier molecular flexibility index (Phi) is 5.74. The molecule has 136 valence electrons. The first kappa shape index (κ1) is 18.3. The molecular formula is C18H22Cl2N2O3. The lowest BCUT2D eigenvalue weighted by Crippen LogP contribution is -2.43. The first-order valence-electron chi connectivity index (χ1n) is 8.62. The Morgan fingerprint density at radius 2 is 1.56 bits per heavy atom. The molecule has 25 heavy (non-hydrogen) atoms. The van der Waals surface area contributed by atoms with E-state index in [-0.39, 0.29) is 17.7 Å². The largest absolute Gasteiger partial charge is 0.494 e. The summed E-state index contributed by atoms with van der Waals surface area (Å²) in [4.78, 5) is 28.9. The highest BCUT2D eigenvalue weighted by Gasteiger charge is 2.31. The summed E-state index contributed by atoms with van der Waals surface area (Å²) >= 11 is 12.2. The van der Waals surface area contributed by atoms with Gasteiger partial charge in [0.1, 0.15) is 0 Å². The van der Waals surface area contributed by atoms with Gasteiger partial charge in [-0.1, -0.05) is 23.2 Å². The van der Waals surface area contributed by atoms with Crippen LogP contribution in [0, 0.1) is 5.92 Å². The third-order valence-electron chi connectivity index (χ3n) is 5.00. The SMILES string of the molecule is COc1c(Cl)cc(C(=O)N2CCC(C(=O)N3CCCC3)CC2)cc1Cl. The molecule has 1 aromatic carbocycles. The van der Waals surface area contributed by atoms with E-state index in [4.69, 9.17) is 27.9 Å². The molecule has 3 rings (SSSR count). The number of methoxy groups -OCH3 is 1. The van der Waals surface area contributed by atoms with Gasteiger partial charge in [0.15, 0.2) is 5.75 Å². The van der Waals surface area contributed by atoms with Crippen LogP contribution < -0.4 is 4.74 Å². The van der Waals surface area contributed by atoms with Gasteiger partial charge in [0.05, 0.1) is 17.2 Å². The van der Waals surface area contributed by atoms with Crippen LogP contribution in [0.15, 0.2) is 12.1 Å². The zero-order chi connectivity index (χ0) is 18.0. The molecule has 2 amide bonds. The minimum Gasteiger partial charge on any atom is -0.494 e. The van der Waals surface area contributed by atoms with Gasteiger partial charge in [-0.3, -0.25) is 9.59 Å². The van der Waals surface area contributed by atoms with Gasteiger partial charge >= 0.3 is 0 Å². The van der Waals surface area contributed by atoms with Crippen molar-refractivity contribution in [3.8, 4) is 5.75 Å². The maximum atomic E-state index is 12.7. The number of halogens is 2. The van der Waals surface area contributed by atoms with Crippen molar-refractivity contribution < 1.29 is 14.3 Å². The van der Waals surface area contributed by atoms with Crippen LogP contribution in [0.5, 0.6) is 5.75 Å². The Morgan fingerprint density at radius 1 is 1.00 bits per heavy atom. The second-order valence-electron chi connectivity index (χ2n) is 6.57. The number of carbonyl (C=O) groups excluding carboxylic acids is 2. The average Bonchev–Trinajstić information content (AvgIpc) is 3.15. The molecule has 0 atom stereocenters. The Morgan fingerprint density at radius 3 is 2.08 bits per heavy atom. The van der Waals surface area contributed by atoms with Crippen LogP contribution in [0.2, 0.25) is 10.0 Å². The van der Waals surface area contributed by atoms with Crippen LogP contribution in [0.4, 0.5) is 0 Å². The van der Waals surface area contributed by atoms with Gasteiger partial charge in [0.2, 0.25) is 5.91 Å². The Hall–Kier alpha value is -1.46. The third kappa shape index (κ3) is 3.87. The van der Waals surface area contributed by atoms with Gasteiger partial charge in [0, 0.05) is 37.7 Å². The van der Waals surface area contributed by atoms with Crippen LogP contribution >= 0.6 is 23.2 Å². The topological polar surface area (TPSA) is 49.9 Å². The number of carbonyl (C=O) groups is 2. The predicted octanol–water partition coefficient (Wildman–Crippen LogP) is 3.48. The highest BCUT2D eigenvalue weighted by atomic mass is 35.5. The van der Waals surface area contributed by atoms with E-state index < -0.39 is 0 Å². The Bertz CT molecular complexity index is 643. The summed E-state index contributed by atoms with van der Waals surface area (Å²) in [5.74, 6) is 0.540. The summed E-state index contributed by atoms with van der Waals surface area (Å²) in [5, 5.41) is 0.634. The van der Waals surface area contributed by atoms with Crippen LogP contribution in [0.25, 0.3) is 0 Å². The molecule has 1 aromatic rings. The molecule has 2 saturated heterocycles. The highest BCUT2D eigenvalue weighted by Crippen LogP contribution is 2.34. The van der Waals surface area contributed by atoms with Crippen LogP contribution in [0.1, 0.15) is 36.0 Å². The van der Waals surface area contributed by atoms with Crippen molar-refractivity contribution in [3.05, 3.63) is 27.7 Å². The van der Waals surface area contributed by atoms with E-state index in [9.17, 15) is 9.59 Å². The molecule has 0 unspecified atom stereocenters. The summed E-state index contributed by atoms with van der Waals surface area (Å²) in [7, 11) is 1.48. The number of likely N-dealkylation sites (tertiary alicyclic amines) is 2. The number of hydrogen-bond donors (Lipinski definition) is 0. The molecule has 0 bridgehead atoms. The van der Waals surface area contributed by atoms with E-state index >= 15 is 0 Å². The summed E-state index contributed by atoms with van der Waals surface area (Å²) < 4.78 is 5.11. The van der Waals surface area contributed by atoms with Crippen molar-refractivity contribution in [1.29, 1.82) is 0 Å². The number of piperidine rings is 1. The maximum Gasteiger partial charge on any atom is 0.253 e. The van der Waals surface area contributed by atoms with Gasteiger partial charge in [0.25, 0.3) is 5.91 Å². The predicted molar refractivity (Wildman–Crippen MR) is 97.5 cm³/mol. The molecular weight excluding hydrogens is 363 g/mol. The second kappa shape index (κ2) is 7.83. The first-order chi connectivity index (χ1) is 12.0. The van der Waals surface area contributed by atoms with Gasteiger partial charge in [-0.25, -0.2) is 0 Å². The maximum absolute atomic E-state index is 12.7. The molecule has 5 nitrogen and oxygen atoms in total. The molecule has 0 saturated carbocycles. The minimum atomic E-state index is -0.112. The first-order valence-corrected chi connectivity index (χ1v) is 9.38. The molecule has 2 heterocycles. The smallest absolute Gasteiger partial charge is 0.253 e. The van der Waals surface area contributed by atoms with Gasteiger partial charge in [-0.2, -0.15) is 0 Å². The normalized spacial score (nSPS) is 18.5. The van der Waals surface area contributed by atoms with Gasteiger partial charge < -0.3 is 14.5 Å². The van der Waals surface area contributed by atoms with E-state index in [1.54, 1.807) is 17.0 Å². The van der Waals surface area contributed by atoms with Crippen molar-refractivity contribution in [3.63, 3.8) is 0 Å². The fourth-order valence-electron chi connectivity index (χ4n) is 3.59. The van der Waals surface area contributed by atoms with Crippen molar-refractivity contribution >= 4 is 35.0 Å². The van der Waals surface area contributed by atoms with E-state index in [0.717, 1.165) is 25.9 Å². The number of nitrogens with zero attached hydrogens (tertiary/aromatic N) is 2. The second-order valence-corrected chi connectivity index (χ2v) is 7.39. The number of amides is 2. The molecule has 7 heteroatoms. The standard InChI is InChI=1S/C18H22Cl2N2O3/c1-25-16-14(19)10-13(11-15(16)20)18(24)22-8-4-12(5-9-22)17(23)21-6-2-3-7-21/h10-12H,2-9H2,1H3. The van der Waals surface area contributed by atoms with E-state index in [0.29, 0.717) is 47.3 Å². The highest BCUT2D eigenvalue weighted by molar-refractivity contribution is 6.37. The number of hydrogen-bond acceptors (Lipinski definition) is 3. The molecule has 0 aromatic heterocycles. The third-order valence-corrected chi connectivity index (χ3v) is 5.56. The molecule has 0 aliphatic carbocycles. The van der Waals surface area contributed by atoms with Gasteiger partial charge in [-0.15, -0.1) is 0 Å². The van der Waals surface area contributed by atoms with Crippen LogP contribution in [0.3, 0.4) is 0 Å². The molecule has 0 spiro atoms. The van der Waals surface area contributed by atoms with E-state index in [1.807, 2.05) is 4.90 Å². The molecule has 2 aliphatic rings. The van der Waals surface area contributed by atoms with Crippen LogP contribution in [-0.4, -0.2) is 54.9 Å². The van der Waals surface area contributed by atoms with E-state index in [1.165, 1.54) is 7.11 Å². The van der Waals surface area contributed by atoms with Gasteiger partial charge in [-0.05, 0) is 37.8 Å². The number of ether oxygens (including phenoxy) is 1. The molecule has 0 N–H and O–H groups in total. The lowest BCUT2D eigenvalue weighted by Gasteiger charge is -2.33. The van der Waals surface area contributed by atoms with Crippen molar-refractivity contribution in [2.45, 2.75) is 25.7 Å². The fourth-order valence-corrected chi connectivity index (χ4v) is 4.23. The Balaban J connectivity index is 1.62.